The van der Waals surface area contributed by atoms with E-state index in [-0.39, 0.29) is 0 Å². The van der Waals surface area contributed by atoms with Gasteiger partial charge in [0.2, 0.25) is 0 Å². The summed E-state index contributed by atoms with van der Waals surface area (Å²) in [4.78, 5) is 0. The van der Waals surface area contributed by atoms with Gasteiger partial charge in [-0.1, -0.05) is 36.4 Å². The topological polar surface area (TPSA) is 30.5 Å². The summed E-state index contributed by atoms with van der Waals surface area (Å²) in [5.41, 5.74) is 1.41. The molecule has 3 heteroatoms. The minimum Gasteiger partial charge on any atom is -0.497 e. The molecule has 3 nitrogen and oxygen atoms in total. The zero-order valence-corrected chi connectivity index (χ0v) is 13.3. The van der Waals surface area contributed by atoms with E-state index in [0.717, 1.165) is 44.0 Å². The second-order valence-electron chi connectivity index (χ2n) is 5.22. The molecule has 0 heterocycles. The molecule has 0 fully saturated rings. The third-order valence-electron chi connectivity index (χ3n) is 3.47. The maximum absolute atomic E-state index is 5.70. The average Bonchev–Trinajstić information content (AvgIpc) is 2.58. The van der Waals surface area contributed by atoms with Gasteiger partial charge in [-0.2, -0.15) is 0 Å². The van der Waals surface area contributed by atoms with Crippen LogP contribution in [0.3, 0.4) is 0 Å². The number of aryl methyl sites for hydroxylation is 1. The van der Waals surface area contributed by atoms with Gasteiger partial charge in [0.1, 0.15) is 11.5 Å². The molecule has 0 aromatic heterocycles. The highest BCUT2D eigenvalue weighted by atomic mass is 16.5. The first-order chi connectivity index (χ1) is 10.9. The summed E-state index contributed by atoms with van der Waals surface area (Å²) in [6.07, 6.45) is 3.30. The SMILES string of the molecule is COc1cccc(OCCCNCCCc2ccccc2)c1. The monoisotopic (exact) mass is 299 g/mol. The van der Waals surface area contributed by atoms with Gasteiger partial charge in [-0.3, -0.25) is 0 Å². The van der Waals surface area contributed by atoms with Crippen LogP contribution in [-0.2, 0) is 6.42 Å². The van der Waals surface area contributed by atoms with Crippen molar-refractivity contribution in [1.82, 2.24) is 5.32 Å². The molecule has 0 aliphatic carbocycles. The predicted octanol–water partition coefficient (Wildman–Crippen LogP) is 3.69. The molecule has 0 amide bonds. The summed E-state index contributed by atoms with van der Waals surface area (Å²) in [5, 5.41) is 3.46. The van der Waals surface area contributed by atoms with Gasteiger partial charge in [0.25, 0.3) is 0 Å². The smallest absolute Gasteiger partial charge is 0.122 e. The van der Waals surface area contributed by atoms with Crippen molar-refractivity contribution in [2.75, 3.05) is 26.8 Å². The minimum atomic E-state index is 0.721. The van der Waals surface area contributed by atoms with Crippen LogP contribution in [0.1, 0.15) is 18.4 Å². The summed E-state index contributed by atoms with van der Waals surface area (Å²) in [6, 6.07) is 18.3. The highest BCUT2D eigenvalue weighted by molar-refractivity contribution is 5.32. The van der Waals surface area contributed by atoms with E-state index in [0.29, 0.717) is 0 Å². The molecule has 0 bridgehead atoms. The zero-order valence-electron chi connectivity index (χ0n) is 13.3. The van der Waals surface area contributed by atoms with E-state index >= 15 is 0 Å². The molecule has 0 radical (unpaired) electrons. The molecule has 2 rings (SSSR count). The fourth-order valence-electron chi connectivity index (χ4n) is 2.27. The summed E-state index contributed by atoms with van der Waals surface area (Å²) in [5.74, 6) is 1.69. The Bertz CT molecular complexity index is 528. The second kappa shape index (κ2) is 9.85. The summed E-state index contributed by atoms with van der Waals surface area (Å²) in [6.45, 7) is 2.76. The third kappa shape index (κ3) is 6.19. The maximum Gasteiger partial charge on any atom is 0.122 e. The summed E-state index contributed by atoms with van der Waals surface area (Å²) in [7, 11) is 1.67. The molecule has 0 saturated carbocycles. The lowest BCUT2D eigenvalue weighted by Gasteiger charge is -2.08. The van der Waals surface area contributed by atoms with Crippen molar-refractivity contribution >= 4 is 0 Å². The van der Waals surface area contributed by atoms with Crippen LogP contribution >= 0.6 is 0 Å². The predicted molar refractivity (Wildman–Crippen MR) is 90.7 cm³/mol. The van der Waals surface area contributed by atoms with Gasteiger partial charge < -0.3 is 14.8 Å². The highest BCUT2D eigenvalue weighted by Gasteiger charge is 1.97. The lowest BCUT2D eigenvalue weighted by atomic mass is 10.1. The quantitative estimate of drug-likeness (QED) is 0.679. The molecule has 1 N–H and O–H groups in total. The number of rotatable bonds is 10. The Morgan fingerprint density at radius 3 is 2.45 bits per heavy atom. The number of methoxy groups -OCH3 is 1. The third-order valence-corrected chi connectivity index (χ3v) is 3.47. The molecule has 2 aromatic rings. The first-order valence-corrected chi connectivity index (χ1v) is 7.90. The van der Waals surface area contributed by atoms with Crippen LogP contribution in [0, 0.1) is 0 Å². The summed E-state index contributed by atoms with van der Waals surface area (Å²) >= 11 is 0. The second-order valence-corrected chi connectivity index (χ2v) is 5.22. The van der Waals surface area contributed by atoms with Gasteiger partial charge in [-0.15, -0.1) is 0 Å². The Kier molecular flexibility index (Phi) is 7.33. The Balaban J connectivity index is 1.49. The van der Waals surface area contributed by atoms with Gasteiger partial charge in [-0.25, -0.2) is 0 Å². The van der Waals surface area contributed by atoms with Crippen LogP contribution < -0.4 is 14.8 Å². The van der Waals surface area contributed by atoms with Gasteiger partial charge in [0.15, 0.2) is 0 Å². The Morgan fingerprint density at radius 1 is 0.864 bits per heavy atom. The van der Waals surface area contributed by atoms with Crippen LogP contribution in [0.4, 0.5) is 0 Å². The van der Waals surface area contributed by atoms with Crippen molar-refractivity contribution < 1.29 is 9.47 Å². The van der Waals surface area contributed by atoms with Crippen molar-refractivity contribution in [1.29, 1.82) is 0 Å². The fraction of sp³-hybridized carbons (Fsp3) is 0.368. The van der Waals surface area contributed by atoms with E-state index in [1.54, 1.807) is 7.11 Å². The first-order valence-electron chi connectivity index (χ1n) is 7.90. The van der Waals surface area contributed by atoms with E-state index in [2.05, 4.69) is 35.6 Å². The van der Waals surface area contributed by atoms with E-state index in [1.807, 2.05) is 24.3 Å². The van der Waals surface area contributed by atoms with Gasteiger partial charge in [0, 0.05) is 6.07 Å². The normalized spacial score (nSPS) is 10.4. The van der Waals surface area contributed by atoms with E-state index in [9.17, 15) is 0 Å². The van der Waals surface area contributed by atoms with E-state index < -0.39 is 0 Å². The van der Waals surface area contributed by atoms with Crippen molar-refractivity contribution in [2.45, 2.75) is 19.3 Å². The molecular formula is C19H25NO2. The van der Waals surface area contributed by atoms with Crippen molar-refractivity contribution in [3.8, 4) is 11.5 Å². The molecular weight excluding hydrogens is 274 g/mol. The number of hydrogen-bond acceptors (Lipinski definition) is 3. The van der Waals surface area contributed by atoms with Crippen LogP contribution in [0.2, 0.25) is 0 Å². The number of hydrogen-bond donors (Lipinski definition) is 1. The molecule has 0 unspecified atom stereocenters. The molecule has 2 aromatic carbocycles. The minimum absolute atomic E-state index is 0.721. The zero-order chi connectivity index (χ0) is 15.5. The van der Waals surface area contributed by atoms with E-state index in [1.165, 1.54) is 12.0 Å². The summed E-state index contributed by atoms with van der Waals surface area (Å²) < 4.78 is 10.9. The van der Waals surface area contributed by atoms with Crippen molar-refractivity contribution in [3.05, 3.63) is 60.2 Å². The van der Waals surface area contributed by atoms with Crippen LogP contribution in [-0.4, -0.2) is 26.8 Å². The molecule has 0 atom stereocenters. The van der Waals surface area contributed by atoms with E-state index in [4.69, 9.17) is 9.47 Å². The molecule has 0 spiro atoms. The maximum atomic E-state index is 5.70. The molecule has 22 heavy (non-hydrogen) atoms. The Hall–Kier alpha value is -2.00. The van der Waals surface area contributed by atoms with Gasteiger partial charge in [0.05, 0.1) is 13.7 Å². The lowest BCUT2D eigenvalue weighted by molar-refractivity contribution is 0.306. The largest absolute Gasteiger partial charge is 0.497 e. The standard InChI is InChI=1S/C19H25NO2/c1-21-18-11-5-12-19(16-18)22-15-7-14-20-13-6-10-17-8-3-2-4-9-17/h2-5,8-9,11-12,16,20H,6-7,10,13-15H2,1H3. The molecule has 118 valence electrons. The number of benzene rings is 2. The van der Waals surface area contributed by atoms with Crippen molar-refractivity contribution in [2.24, 2.45) is 0 Å². The molecule has 0 aliphatic rings. The fourth-order valence-corrected chi connectivity index (χ4v) is 2.27. The van der Waals surface area contributed by atoms with Crippen LogP contribution in [0.15, 0.2) is 54.6 Å². The van der Waals surface area contributed by atoms with Crippen LogP contribution in [0.5, 0.6) is 11.5 Å². The van der Waals surface area contributed by atoms with Crippen molar-refractivity contribution in [3.63, 3.8) is 0 Å². The average molecular weight is 299 g/mol. The Morgan fingerprint density at radius 2 is 1.64 bits per heavy atom. The highest BCUT2D eigenvalue weighted by Crippen LogP contribution is 2.18. The molecule has 0 aliphatic heterocycles. The molecule has 0 saturated heterocycles. The van der Waals surface area contributed by atoms with Gasteiger partial charge in [-0.05, 0) is 50.0 Å². The number of nitrogens with one attached hydrogen (secondary N) is 1. The Labute approximate surface area is 133 Å². The van der Waals surface area contributed by atoms with Crippen LogP contribution in [0.25, 0.3) is 0 Å². The lowest BCUT2D eigenvalue weighted by Crippen LogP contribution is -2.19. The number of ether oxygens (including phenoxy) is 2. The van der Waals surface area contributed by atoms with Gasteiger partial charge >= 0.3 is 0 Å². The first kappa shape index (κ1) is 16.4.